The molecular formula is C15H28N4OS. The number of nitrogens with zero attached hydrogens (tertiary/aromatic N) is 1. The van der Waals surface area contributed by atoms with Gasteiger partial charge in [0.15, 0.2) is 5.13 Å². The van der Waals surface area contributed by atoms with Crippen molar-refractivity contribution in [1.82, 2.24) is 10.3 Å². The Balaban J connectivity index is 2.65. The summed E-state index contributed by atoms with van der Waals surface area (Å²) in [5, 5.41) is 6.87. The zero-order valence-corrected chi connectivity index (χ0v) is 14.5. The average molecular weight is 312 g/mol. The number of thiazole rings is 1. The van der Waals surface area contributed by atoms with Gasteiger partial charge in [-0.1, -0.05) is 46.0 Å². The molecule has 0 bridgehead atoms. The molecule has 0 aromatic carbocycles. The summed E-state index contributed by atoms with van der Waals surface area (Å²) in [6.45, 7) is 12.3. The second kappa shape index (κ2) is 8.22. The molecule has 1 aromatic rings. The molecule has 0 aliphatic heterocycles. The first-order chi connectivity index (χ1) is 9.86. The van der Waals surface area contributed by atoms with E-state index in [1.165, 1.54) is 11.3 Å². The van der Waals surface area contributed by atoms with E-state index in [0.717, 1.165) is 13.0 Å². The Morgan fingerprint density at radius 1 is 1.29 bits per heavy atom. The molecule has 0 saturated carbocycles. The Labute approximate surface area is 131 Å². The van der Waals surface area contributed by atoms with Gasteiger partial charge in [-0.05, 0) is 24.2 Å². The van der Waals surface area contributed by atoms with Crippen LogP contribution in [0.2, 0.25) is 0 Å². The standard InChI is InChI=1S/C15H28N4OS/c1-6-7-17-15-19-13(16)12(21-15)14(20)18-8-11(9(2)3)10(4)5/h9-11H,6-8,16H2,1-5H3,(H,17,19)(H,18,20). The lowest BCUT2D eigenvalue weighted by Crippen LogP contribution is -2.33. The Morgan fingerprint density at radius 3 is 2.43 bits per heavy atom. The molecule has 1 amide bonds. The van der Waals surface area contributed by atoms with E-state index in [1.54, 1.807) is 0 Å². The van der Waals surface area contributed by atoms with Crippen LogP contribution in [0.15, 0.2) is 0 Å². The fraction of sp³-hybridized carbons (Fsp3) is 0.733. The molecule has 0 radical (unpaired) electrons. The van der Waals surface area contributed by atoms with Crippen molar-refractivity contribution in [2.45, 2.75) is 41.0 Å². The number of aromatic nitrogens is 1. The molecule has 0 fully saturated rings. The Bertz CT molecular complexity index is 449. The summed E-state index contributed by atoms with van der Waals surface area (Å²) < 4.78 is 0. The van der Waals surface area contributed by atoms with Crippen molar-refractivity contribution in [3.8, 4) is 0 Å². The van der Waals surface area contributed by atoms with Gasteiger partial charge in [0.05, 0.1) is 0 Å². The first kappa shape index (κ1) is 17.8. The third-order valence-corrected chi connectivity index (χ3v) is 4.62. The first-order valence-electron chi connectivity index (χ1n) is 7.65. The summed E-state index contributed by atoms with van der Waals surface area (Å²) in [6.07, 6.45) is 1.01. The van der Waals surface area contributed by atoms with Crippen LogP contribution in [0, 0.1) is 17.8 Å². The predicted octanol–water partition coefficient (Wildman–Crippen LogP) is 3.21. The van der Waals surface area contributed by atoms with E-state index >= 15 is 0 Å². The van der Waals surface area contributed by atoms with Gasteiger partial charge in [-0.15, -0.1) is 0 Å². The molecule has 0 saturated heterocycles. The van der Waals surface area contributed by atoms with Gasteiger partial charge in [0.1, 0.15) is 10.7 Å². The summed E-state index contributed by atoms with van der Waals surface area (Å²) >= 11 is 1.32. The van der Waals surface area contributed by atoms with Crippen LogP contribution in [0.1, 0.15) is 50.7 Å². The lowest BCUT2D eigenvalue weighted by atomic mass is 9.85. The van der Waals surface area contributed by atoms with Gasteiger partial charge in [-0.3, -0.25) is 4.79 Å². The zero-order chi connectivity index (χ0) is 16.0. The van der Waals surface area contributed by atoms with Crippen LogP contribution in [0.4, 0.5) is 10.9 Å². The van der Waals surface area contributed by atoms with Gasteiger partial charge in [0.2, 0.25) is 0 Å². The molecule has 0 atom stereocenters. The minimum Gasteiger partial charge on any atom is -0.382 e. The lowest BCUT2D eigenvalue weighted by molar-refractivity contribution is 0.0942. The van der Waals surface area contributed by atoms with Crippen molar-refractivity contribution in [3.63, 3.8) is 0 Å². The number of carbonyl (C=O) groups is 1. The smallest absolute Gasteiger partial charge is 0.265 e. The van der Waals surface area contributed by atoms with Crippen molar-refractivity contribution < 1.29 is 4.79 Å². The number of nitrogens with one attached hydrogen (secondary N) is 2. The monoisotopic (exact) mass is 312 g/mol. The highest BCUT2D eigenvalue weighted by Crippen LogP contribution is 2.25. The van der Waals surface area contributed by atoms with E-state index < -0.39 is 0 Å². The second-order valence-electron chi connectivity index (χ2n) is 6.02. The number of nitrogen functional groups attached to an aromatic ring is 1. The summed E-state index contributed by atoms with van der Waals surface area (Å²) in [6, 6.07) is 0. The van der Waals surface area contributed by atoms with Gasteiger partial charge in [0, 0.05) is 13.1 Å². The maximum absolute atomic E-state index is 12.3. The number of hydrogen-bond acceptors (Lipinski definition) is 5. The van der Waals surface area contributed by atoms with Crippen LogP contribution in [0.3, 0.4) is 0 Å². The summed E-state index contributed by atoms with van der Waals surface area (Å²) in [5.41, 5.74) is 5.84. The Hall–Kier alpha value is -1.30. The average Bonchev–Trinajstić information content (AvgIpc) is 2.76. The molecule has 6 heteroatoms. The number of anilines is 2. The number of hydrogen-bond donors (Lipinski definition) is 3. The largest absolute Gasteiger partial charge is 0.382 e. The van der Waals surface area contributed by atoms with E-state index in [2.05, 4.69) is 50.2 Å². The van der Waals surface area contributed by atoms with Crippen LogP contribution in [0.25, 0.3) is 0 Å². The van der Waals surface area contributed by atoms with E-state index in [-0.39, 0.29) is 5.91 Å². The first-order valence-corrected chi connectivity index (χ1v) is 8.46. The van der Waals surface area contributed by atoms with E-state index in [1.807, 2.05) is 0 Å². The highest BCUT2D eigenvalue weighted by Gasteiger charge is 2.21. The van der Waals surface area contributed by atoms with Gasteiger partial charge >= 0.3 is 0 Å². The fourth-order valence-electron chi connectivity index (χ4n) is 2.33. The van der Waals surface area contributed by atoms with E-state index in [0.29, 0.717) is 40.1 Å². The van der Waals surface area contributed by atoms with Crippen LogP contribution < -0.4 is 16.4 Å². The normalized spacial score (nSPS) is 11.4. The zero-order valence-electron chi connectivity index (χ0n) is 13.7. The quantitative estimate of drug-likeness (QED) is 0.688. The maximum atomic E-state index is 12.3. The fourth-order valence-corrected chi connectivity index (χ4v) is 3.16. The molecule has 1 rings (SSSR count). The molecule has 0 spiro atoms. The highest BCUT2D eigenvalue weighted by atomic mass is 32.1. The second-order valence-corrected chi connectivity index (χ2v) is 7.02. The third kappa shape index (κ3) is 5.19. The number of rotatable bonds is 8. The predicted molar refractivity (Wildman–Crippen MR) is 90.8 cm³/mol. The molecule has 0 aliphatic rings. The molecule has 4 N–H and O–H groups in total. The molecule has 0 aliphatic carbocycles. The van der Waals surface area contributed by atoms with Crippen molar-refractivity contribution >= 4 is 28.2 Å². The highest BCUT2D eigenvalue weighted by molar-refractivity contribution is 7.18. The summed E-state index contributed by atoms with van der Waals surface area (Å²) in [5.74, 6) is 1.71. The Morgan fingerprint density at radius 2 is 1.90 bits per heavy atom. The minimum atomic E-state index is -0.124. The summed E-state index contributed by atoms with van der Waals surface area (Å²) in [7, 11) is 0. The topological polar surface area (TPSA) is 80.0 Å². The maximum Gasteiger partial charge on any atom is 0.265 e. The molecular weight excluding hydrogens is 284 g/mol. The molecule has 1 aromatic heterocycles. The number of nitrogens with two attached hydrogens (primary N) is 1. The van der Waals surface area contributed by atoms with Crippen molar-refractivity contribution in [2.24, 2.45) is 17.8 Å². The lowest BCUT2D eigenvalue weighted by Gasteiger charge is -2.24. The van der Waals surface area contributed by atoms with Gasteiger partial charge in [-0.2, -0.15) is 0 Å². The molecule has 0 unspecified atom stereocenters. The van der Waals surface area contributed by atoms with E-state index in [4.69, 9.17) is 5.73 Å². The summed E-state index contributed by atoms with van der Waals surface area (Å²) in [4.78, 5) is 16.9. The van der Waals surface area contributed by atoms with Crippen molar-refractivity contribution in [2.75, 3.05) is 24.1 Å². The molecule has 21 heavy (non-hydrogen) atoms. The molecule has 120 valence electrons. The minimum absolute atomic E-state index is 0.124. The number of amides is 1. The van der Waals surface area contributed by atoms with Gasteiger partial charge in [0.25, 0.3) is 5.91 Å². The van der Waals surface area contributed by atoms with Crippen molar-refractivity contribution in [3.05, 3.63) is 4.88 Å². The van der Waals surface area contributed by atoms with Crippen LogP contribution in [-0.2, 0) is 0 Å². The van der Waals surface area contributed by atoms with Crippen LogP contribution >= 0.6 is 11.3 Å². The molecule has 5 nitrogen and oxygen atoms in total. The van der Waals surface area contributed by atoms with Crippen LogP contribution in [0.5, 0.6) is 0 Å². The van der Waals surface area contributed by atoms with Crippen molar-refractivity contribution in [1.29, 1.82) is 0 Å². The van der Waals surface area contributed by atoms with Crippen LogP contribution in [-0.4, -0.2) is 24.0 Å². The number of carbonyl (C=O) groups excluding carboxylic acids is 1. The van der Waals surface area contributed by atoms with Gasteiger partial charge in [-0.25, -0.2) is 4.98 Å². The van der Waals surface area contributed by atoms with Gasteiger partial charge < -0.3 is 16.4 Å². The third-order valence-electron chi connectivity index (χ3n) is 3.60. The SMILES string of the molecule is CCCNc1nc(N)c(C(=O)NCC(C(C)C)C(C)C)s1. The molecule has 1 heterocycles. The van der Waals surface area contributed by atoms with E-state index in [9.17, 15) is 4.79 Å². The Kier molecular flexibility index (Phi) is 6.95.